The van der Waals surface area contributed by atoms with Gasteiger partial charge in [0, 0.05) is 0 Å². The fourth-order valence-corrected chi connectivity index (χ4v) is 5.69. The highest BCUT2D eigenvalue weighted by Crippen LogP contribution is 2.40. The van der Waals surface area contributed by atoms with Gasteiger partial charge in [-0.3, -0.25) is 14.2 Å². The average Bonchev–Trinajstić information content (AvgIpc) is 3.19. The lowest BCUT2D eigenvalue weighted by atomic mass is 10.1. The van der Waals surface area contributed by atoms with Crippen molar-refractivity contribution in [1.29, 1.82) is 0 Å². The highest BCUT2D eigenvalue weighted by molar-refractivity contribution is 7.59. The normalized spacial score (nSPS) is 15.5. The molecule has 2 aromatic heterocycles. The van der Waals surface area contributed by atoms with Crippen LogP contribution in [0.5, 0.6) is 0 Å². The summed E-state index contributed by atoms with van der Waals surface area (Å²) in [7, 11) is -3.69. The largest absolute Gasteiger partial charge is 0.464 e. The average molecular weight is 542 g/mol. The van der Waals surface area contributed by atoms with E-state index in [-0.39, 0.29) is 30.8 Å². The molecule has 13 nitrogen and oxygen atoms in total. The van der Waals surface area contributed by atoms with Gasteiger partial charge in [0.15, 0.2) is 11.5 Å². The Kier molecular flexibility index (Phi) is 10.6. The van der Waals surface area contributed by atoms with Gasteiger partial charge in [-0.05, 0) is 47.5 Å². The molecule has 0 spiro atoms. The van der Waals surface area contributed by atoms with Gasteiger partial charge in [0.1, 0.15) is 29.8 Å². The molecular formula is C23H40N7O6P. The summed E-state index contributed by atoms with van der Waals surface area (Å²) in [5.74, 6) is -0.734. The molecule has 0 aromatic carbocycles. The number of carbonyl (C=O) groups is 2. The number of nitrogens with one attached hydrogen (secondary N) is 2. The number of anilines is 1. The lowest BCUT2D eigenvalue weighted by Gasteiger charge is -2.32. The minimum atomic E-state index is -3.69. The summed E-state index contributed by atoms with van der Waals surface area (Å²) in [5.41, 5.74) is 5.53. The van der Waals surface area contributed by atoms with E-state index in [0.29, 0.717) is 17.7 Å². The van der Waals surface area contributed by atoms with E-state index >= 15 is 0 Å². The van der Waals surface area contributed by atoms with Crippen LogP contribution in [0.25, 0.3) is 11.2 Å². The number of imidazole rings is 1. The maximum atomic E-state index is 14.0. The number of aromatic nitrogens is 4. The van der Waals surface area contributed by atoms with Gasteiger partial charge in [-0.15, -0.1) is 0 Å². The van der Waals surface area contributed by atoms with E-state index in [1.54, 1.807) is 52.4 Å². The molecule has 0 fully saturated rings. The quantitative estimate of drug-likeness (QED) is 0.236. The molecule has 2 rings (SSSR count). The molecule has 0 aliphatic heterocycles. The summed E-state index contributed by atoms with van der Waals surface area (Å²) in [6, 6.07) is -0.926. The number of fused-ring (bicyclic) bond motifs is 1. The fraction of sp³-hybridized carbons (Fsp3) is 0.696. The first-order valence-corrected chi connectivity index (χ1v) is 14.1. The van der Waals surface area contributed by atoms with Crippen LogP contribution in [-0.2, 0) is 34.9 Å². The predicted octanol–water partition coefficient (Wildman–Crippen LogP) is 2.46. The smallest absolute Gasteiger partial charge is 0.326 e. The molecule has 3 unspecified atom stereocenters. The van der Waals surface area contributed by atoms with E-state index in [4.69, 9.17) is 19.9 Å². The molecular weight excluding hydrogens is 501 g/mol. The molecule has 2 heterocycles. The van der Waals surface area contributed by atoms with Crippen LogP contribution in [0.2, 0.25) is 0 Å². The second-order valence-electron chi connectivity index (χ2n) is 10.2. The van der Waals surface area contributed by atoms with Crippen molar-refractivity contribution in [2.45, 2.75) is 85.7 Å². The number of carbonyl (C=O) groups excluding carboxylic acids is 2. The van der Waals surface area contributed by atoms with Crippen LogP contribution in [0.4, 0.5) is 5.82 Å². The number of esters is 2. The van der Waals surface area contributed by atoms with Gasteiger partial charge in [-0.1, -0.05) is 13.8 Å². The Balaban J connectivity index is 2.17. The molecule has 0 bridgehead atoms. The zero-order valence-electron chi connectivity index (χ0n) is 22.8. The van der Waals surface area contributed by atoms with Crippen LogP contribution in [0.1, 0.15) is 55.4 Å². The molecule has 0 saturated heterocycles. The summed E-state index contributed by atoms with van der Waals surface area (Å²) < 4.78 is 32.3. The standard InChI is InChI=1S/C23H40N7O6P/c1-14(2)10-34-21(31)17(6)28-37(33,29-23(7,8)22(32)36-15(3)4)13-35-16(5)9-30-12-27-18-19(24)25-11-26-20(18)30/h11-12,14-17H,9-10,13H2,1-8H3,(H2,24,25,26)(H2,28,29,33). The predicted molar refractivity (Wildman–Crippen MR) is 140 cm³/mol. The second-order valence-corrected chi connectivity index (χ2v) is 12.5. The molecule has 14 heteroatoms. The Morgan fingerprint density at radius 2 is 1.81 bits per heavy atom. The maximum Gasteiger partial charge on any atom is 0.326 e. The minimum absolute atomic E-state index is 0.148. The number of nitrogen functional groups attached to an aromatic ring is 1. The Labute approximate surface area is 217 Å². The van der Waals surface area contributed by atoms with Crippen molar-refractivity contribution in [3.8, 4) is 0 Å². The first-order valence-electron chi connectivity index (χ1n) is 12.2. The van der Waals surface area contributed by atoms with Crippen LogP contribution in [0.3, 0.4) is 0 Å². The second kappa shape index (κ2) is 12.8. The zero-order valence-corrected chi connectivity index (χ0v) is 23.7. The number of rotatable bonds is 14. The molecule has 0 aliphatic rings. The third-order valence-electron chi connectivity index (χ3n) is 5.05. The number of ether oxygens (including phenoxy) is 3. The zero-order chi connectivity index (χ0) is 28.0. The number of nitrogens with zero attached hydrogens (tertiary/aromatic N) is 4. The minimum Gasteiger partial charge on any atom is -0.464 e. The van der Waals surface area contributed by atoms with Crippen molar-refractivity contribution in [2.75, 3.05) is 18.7 Å². The third kappa shape index (κ3) is 9.03. The number of hydrogen-bond donors (Lipinski definition) is 3. The summed E-state index contributed by atoms with van der Waals surface area (Å²) in [5, 5.41) is 5.67. The van der Waals surface area contributed by atoms with Crippen molar-refractivity contribution < 1.29 is 28.4 Å². The Morgan fingerprint density at radius 1 is 1.14 bits per heavy atom. The fourth-order valence-electron chi connectivity index (χ4n) is 3.29. The van der Waals surface area contributed by atoms with E-state index in [1.165, 1.54) is 6.33 Å². The van der Waals surface area contributed by atoms with Crippen molar-refractivity contribution in [1.82, 2.24) is 29.7 Å². The van der Waals surface area contributed by atoms with E-state index in [1.807, 2.05) is 13.8 Å². The van der Waals surface area contributed by atoms with Crippen LogP contribution in [0.15, 0.2) is 12.7 Å². The van der Waals surface area contributed by atoms with Gasteiger partial charge in [0.05, 0.1) is 31.7 Å². The first-order chi connectivity index (χ1) is 17.1. The van der Waals surface area contributed by atoms with Crippen LogP contribution >= 0.6 is 7.44 Å². The monoisotopic (exact) mass is 541 g/mol. The molecule has 4 N–H and O–H groups in total. The van der Waals surface area contributed by atoms with Crippen LogP contribution in [0, 0.1) is 5.92 Å². The molecule has 0 radical (unpaired) electrons. The lowest BCUT2D eigenvalue weighted by molar-refractivity contribution is -0.153. The topological polar surface area (TPSA) is 173 Å². The van der Waals surface area contributed by atoms with Gasteiger partial charge in [0.25, 0.3) is 0 Å². The summed E-state index contributed by atoms with van der Waals surface area (Å²) in [6.07, 6.45) is 1.80. The molecule has 2 aromatic rings. The molecule has 3 atom stereocenters. The SMILES string of the molecule is CC(C)COC(=O)C(C)NP(=O)(COC(C)Cn1cnc2c(N)ncnc21)NC(C)(C)C(=O)OC(C)C. The Hall–Kier alpha value is -2.60. The third-order valence-corrected chi connectivity index (χ3v) is 7.29. The molecule has 0 aliphatic carbocycles. The summed E-state index contributed by atoms with van der Waals surface area (Å²) >= 11 is 0. The molecule has 0 saturated carbocycles. The highest BCUT2D eigenvalue weighted by atomic mass is 31.2. The maximum absolute atomic E-state index is 14.0. The number of nitrogens with two attached hydrogens (primary N) is 1. The highest BCUT2D eigenvalue weighted by Gasteiger charge is 2.39. The van der Waals surface area contributed by atoms with E-state index in [0.717, 1.165) is 0 Å². The van der Waals surface area contributed by atoms with Gasteiger partial charge in [0.2, 0.25) is 7.44 Å². The van der Waals surface area contributed by atoms with Crippen molar-refractivity contribution >= 4 is 36.4 Å². The van der Waals surface area contributed by atoms with Gasteiger partial charge in [-0.2, -0.15) is 0 Å². The van der Waals surface area contributed by atoms with E-state index in [2.05, 4.69) is 25.1 Å². The van der Waals surface area contributed by atoms with E-state index < -0.39 is 37.1 Å². The molecule has 0 amide bonds. The first kappa shape index (κ1) is 30.6. The van der Waals surface area contributed by atoms with Gasteiger partial charge < -0.3 is 24.5 Å². The molecule has 37 heavy (non-hydrogen) atoms. The van der Waals surface area contributed by atoms with Gasteiger partial charge >= 0.3 is 11.9 Å². The van der Waals surface area contributed by atoms with Crippen molar-refractivity contribution in [2.24, 2.45) is 5.92 Å². The Morgan fingerprint density at radius 3 is 2.43 bits per heavy atom. The lowest BCUT2D eigenvalue weighted by Crippen LogP contribution is -2.51. The number of hydrogen-bond acceptors (Lipinski definition) is 10. The van der Waals surface area contributed by atoms with Gasteiger partial charge in [-0.25, -0.2) is 25.1 Å². The Bertz CT molecular complexity index is 1120. The van der Waals surface area contributed by atoms with Crippen molar-refractivity contribution in [3.05, 3.63) is 12.7 Å². The van der Waals surface area contributed by atoms with E-state index in [9.17, 15) is 14.2 Å². The molecule has 208 valence electrons. The summed E-state index contributed by atoms with van der Waals surface area (Å²) in [4.78, 5) is 37.5. The van der Waals surface area contributed by atoms with Crippen LogP contribution < -0.4 is 15.9 Å². The van der Waals surface area contributed by atoms with Crippen LogP contribution in [-0.4, -0.2) is 68.2 Å². The summed E-state index contributed by atoms with van der Waals surface area (Å²) in [6.45, 7) is 14.3. The van der Waals surface area contributed by atoms with Crippen molar-refractivity contribution in [3.63, 3.8) is 0 Å².